The van der Waals surface area contributed by atoms with Crippen LogP contribution in [-0.2, 0) is 5.54 Å². The first-order chi connectivity index (χ1) is 8.49. The van der Waals surface area contributed by atoms with Gasteiger partial charge in [-0.25, -0.2) is 4.39 Å². The molecule has 1 saturated carbocycles. The Labute approximate surface area is 107 Å². The molecular formula is C14H20FNO2. The summed E-state index contributed by atoms with van der Waals surface area (Å²) in [4.78, 5) is 0. The van der Waals surface area contributed by atoms with Crippen molar-refractivity contribution in [3.63, 3.8) is 0 Å². The highest BCUT2D eigenvalue weighted by atomic mass is 19.1. The largest absolute Gasteiger partial charge is 0.504 e. The Balaban J connectivity index is 2.53. The van der Waals surface area contributed by atoms with E-state index in [2.05, 4.69) is 0 Å². The molecule has 0 heterocycles. The number of nitrogens with two attached hydrogens (primary N) is 1. The number of aryl methyl sites for hydroxylation is 1. The van der Waals surface area contributed by atoms with Crippen molar-refractivity contribution in [3.05, 3.63) is 23.0 Å². The van der Waals surface area contributed by atoms with Crippen molar-refractivity contribution in [2.45, 2.75) is 44.6 Å². The van der Waals surface area contributed by atoms with Crippen LogP contribution >= 0.6 is 0 Å². The first kappa shape index (κ1) is 13.1. The maximum Gasteiger partial charge on any atom is 0.197 e. The number of hydrogen-bond donors (Lipinski definition) is 2. The predicted octanol–water partition coefficient (Wildman–Crippen LogP) is 2.97. The SMILES string of the molecule is COc1c(O)c(C)cc(C2(N)CCCCC2)c1F. The predicted molar refractivity (Wildman–Crippen MR) is 68.3 cm³/mol. The quantitative estimate of drug-likeness (QED) is 0.852. The number of rotatable bonds is 2. The number of hydrogen-bond acceptors (Lipinski definition) is 3. The zero-order valence-electron chi connectivity index (χ0n) is 10.9. The second-order valence-electron chi connectivity index (χ2n) is 5.15. The van der Waals surface area contributed by atoms with E-state index in [1.54, 1.807) is 13.0 Å². The van der Waals surface area contributed by atoms with Crippen LogP contribution in [-0.4, -0.2) is 12.2 Å². The fourth-order valence-electron chi connectivity index (χ4n) is 2.75. The summed E-state index contributed by atoms with van der Waals surface area (Å²) >= 11 is 0. The molecular weight excluding hydrogens is 233 g/mol. The molecule has 100 valence electrons. The zero-order valence-corrected chi connectivity index (χ0v) is 10.9. The Bertz CT molecular complexity index is 454. The summed E-state index contributed by atoms with van der Waals surface area (Å²) in [7, 11) is 1.35. The number of aromatic hydroxyl groups is 1. The Morgan fingerprint density at radius 1 is 1.33 bits per heavy atom. The molecule has 3 N–H and O–H groups in total. The number of ether oxygens (including phenoxy) is 1. The van der Waals surface area contributed by atoms with Gasteiger partial charge in [-0.2, -0.15) is 0 Å². The minimum absolute atomic E-state index is 0.0969. The first-order valence-electron chi connectivity index (χ1n) is 6.35. The Morgan fingerprint density at radius 3 is 2.50 bits per heavy atom. The van der Waals surface area contributed by atoms with E-state index >= 15 is 0 Å². The van der Waals surface area contributed by atoms with Crippen LogP contribution < -0.4 is 10.5 Å². The summed E-state index contributed by atoms with van der Waals surface area (Å²) in [6.07, 6.45) is 4.72. The summed E-state index contributed by atoms with van der Waals surface area (Å²) in [5, 5.41) is 9.78. The lowest BCUT2D eigenvalue weighted by molar-refractivity contribution is 0.283. The average molecular weight is 253 g/mol. The zero-order chi connectivity index (χ0) is 13.3. The van der Waals surface area contributed by atoms with Gasteiger partial charge in [0, 0.05) is 11.1 Å². The van der Waals surface area contributed by atoms with Crippen molar-refractivity contribution < 1.29 is 14.2 Å². The van der Waals surface area contributed by atoms with Gasteiger partial charge >= 0.3 is 0 Å². The van der Waals surface area contributed by atoms with Crippen LogP contribution in [0.25, 0.3) is 0 Å². The molecule has 1 aromatic carbocycles. The van der Waals surface area contributed by atoms with E-state index in [0.717, 1.165) is 32.1 Å². The molecule has 1 aromatic rings. The van der Waals surface area contributed by atoms with E-state index in [1.807, 2.05) is 0 Å². The molecule has 0 unspecified atom stereocenters. The van der Waals surface area contributed by atoms with Gasteiger partial charge in [0.2, 0.25) is 0 Å². The van der Waals surface area contributed by atoms with Gasteiger partial charge in [0.1, 0.15) is 0 Å². The third kappa shape index (κ3) is 2.05. The van der Waals surface area contributed by atoms with E-state index in [0.29, 0.717) is 11.1 Å². The van der Waals surface area contributed by atoms with Crippen molar-refractivity contribution in [1.29, 1.82) is 0 Å². The van der Waals surface area contributed by atoms with Crippen LogP contribution in [0.2, 0.25) is 0 Å². The highest BCUT2D eigenvalue weighted by Crippen LogP contribution is 2.42. The third-order valence-electron chi connectivity index (χ3n) is 3.87. The number of phenolic OH excluding ortho intramolecular Hbond substituents is 1. The molecule has 0 aliphatic heterocycles. The molecule has 0 spiro atoms. The van der Waals surface area contributed by atoms with Gasteiger partial charge < -0.3 is 15.6 Å². The van der Waals surface area contributed by atoms with Crippen LogP contribution in [0.3, 0.4) is 0 Å². The minimum atomic E-state index is -0.631. The summed E-state index contributed by atoms with van der Waals surface area (Å²) in [5.41, 5.74) is 6.78. The average Bonchev–Trinajstić information content (AvgIpc) is 2.35. The van der Waals surface area contributed by atoms with Crippen LogP contribution in [0.4, 0.5) is 4.39 Å². The highest BCUT2D eigenvalue weighted by molar-refractivity contribution is 5.51. The smallest absolute Gasteiger partial charge is 0.197 e. The molecule has 1 aliphatic carbocycles. The standard InChI is InChI=1S/C14H20FNO2/c1-9-8-10(11(15)13(18-2)12(9)17)14(16)6-4-3-5-7-14/h8,17H,3-7,16H2,1-2H3. The molecule has 3 nitrogen and oxygen atoms in total. The highest BCUT2D eigenvalue weighted by Gasteiger charge is 2.34. The maximum absolute atomic E-state index is 14.4. The van der Waals surface area contributed by atoms with E-state index < -0.39 is 11.4 Å². The van der Waals surface area contributed by atoms with Gasteiger partial charge in [0.05, 0.1) is 7.11 Å². The first-order valence-corrected chi connectivity index (χ1v) is 6.35. The molecule has 0 radical (unpaired) electrons. The number of phenols is 1. The Morgan fingerprint density at radius 2 is 1.94 bits per heavy atom. The van der Waals surface area contributed by atoms with Crippen LogP contribution in [0.1, 0.15) is 43.2 Å². The number of methoxy groups -OCH3 is 1. The monoisotopic (exact) mass is 253 g/mol. The Kier molecular flexibility index (Phi) is 3.48. The van der Waals surface area contributed by atoms with Gasteiger partial charge in [0.15, 0.2) is 17.3 Å². The minimum Gasteiger partial charge on any atom is -0.504 e. The summed E-state index contributed by atoms with van der Waals surface area (Å²) in [6.45, 7) is 1.73. The van der Waals surface area contributed by atoms with Gasteiger partial charge in [-0.15, -0.1) is 0 Å². The summed E-state index contributed by atoms with van der Waals surface area (Å²) in [5.74, 6) is -0.761. The summed E-state index contributed by atoms with van der Waals surface area (Å²) < 4.78 is 19.3. The fourth-order valence-corrected chi connectivity index (χ4v) is 2.75. The molecule has 1 aliphatic rings. The van der Waals surface area contributed by atoms with Crippen LogP contribution in [0.5, 0.6) is 11.5 Å². The van der Waals surface area contributed by atoms with Crippen molar-refractivity contribution >= 4 is 0 Å². The second kappa shape index (κ2) is 4.76. The number of benzene rings is 1. The van der Waals surface area contributed by atoms with E-state index in [-0.39, 0.29) is 11.5 Å². The van der Waals surface area contributed by atoms with Crippen molar-refractivity contribution in [2.24, 2.45) is 5.73 Å². The molecule has 0 bridgehead atoms. The molecule has 0 aromatic heterocycles. The van der Waals surface area contributed by atoms with Crippen LogP contribution in [0, 0.1) is 12.7 Å². The van der Waals surface area contributed by atoms with Crippen molar-refractivity contribution in [1.82, 2.24) is 0 Å². The third-order valence-corrected chi connectivity index (χ3v) is 3.87. The van der Waals surface area contributed by atoms with Gasteiger partial charge in [-0.1, -0.05) is 19.3 Å². The van der Waals surface area contributed by atoms with E-state index in [9.17, 15) is 9.50 Å². The van der Waals surface area contributed by atoms with Crippen molar-refractivity contribution in [2.75, 3.05) is 7.11 Å². The molecule has 18 heavy (non-hydrogen) atoms. The molecule has 4 heteroatoms. The molecule has 0 atom stereocenters. The molecule has 1 fully saturated rings. The molecule has 0 amide bonds. The Hall–Kier alpha value is -1.29. The normalized spacial score (nSPS) is 18.7. The van der Waals surface area contributed by atoms with Gasteiger partial charge in [0.25, 0.3) is 0 Å². The maximum atomic E-state index is 14.4. The second-order valence-corrected chi connectivity index (χ2v) is 5.15. The molecule has 2 rings (SSSR count). The van der Waals surface area contributed by atoms with Gasteiger partial charge in [-0.3, -0.25) is 0 Å². The van der Waals surface area contributed by atoms with Crippen LogP contribution in [0.15, 0.2) is 6.07 Å². The van der Waals surface area contributed by atoms with Crippen molar-refractivity contribution in [3.8, 4) is 11.5 Å². The topological polar surface area (TPSA) is 55.5 Å². The molecule has 0 saturated heterocycles. The lowest BCUT2D eigenvalue weighted by Crippen LogP contribution is -2.39. The summed E-state index contributed by atoms with van der Waals surface area (Å²) in [6, 6.07) is 1.65. The number of halogens is 1. The van der Waals surface area contributed by atoms with E-state index in [4.69, 9.17) is 10.5 Å². The lowest BCUT2D eigenvalue weighted by Gasteiger charge is -2.34. The van der Waals surface area contributed by atoms with Gasteiger partial charge in [-0.05, 0) is 31.4 Å². The van der Waals surface area contributed by atoms with E-state index in [1.165, 1.54) is 7.11 Å². The fraction of sp³-hybridized carbons (Fsp3) is 0.571. The lowest BCUT2D eigenvalue weighted by atomic mass is 9.76.